The second kappa shape index (κ2) is 9.74. The number of ether oxygens (including phenoxy) is 1. The minimum Gasteiger partial charge on any atom is -0.480 e. The highest BCUT2D eigenvalue weighted by Gasteiger charge is 2.29. The number of carboxylic acid groups (broad SMARTS) is 1. The highest BCUT2D eigenvalue weighted by atomic mass is 19.1. The maximum absolute atomic E-state index is 15.0. The molecule has 1 aliphatic carbocycles. The number of likely N-dealkylation sites (N-methyl/N-ethyl adjacent to an activating group) is 1. The van der Waals surface area contributed by atoms with E-state index < -0.39 is 30.3 Å². The van der Waals surface area contributed by atoms with Gasteiger partial charge in [-0.25, -0.2) is 9.18 Å². The molecule has 3 aromatic rings. The second-order valence-corrected chi connectivity index (χ2v) is 7.83. The highest BCUT2D eigenvalue weighted by Crippen LogP contribution is 2.44. The molecule has 4 rings (SSSR count). The maximum Gasteiger partial charge on any atom is 0.411 e. The molecule has 174 valence electrons. The van der Waals surface area contributed by atoms with Crippen LogP contribution in [-0.4, -0.2) is 47.7 Å². The summed E-state index contributed by atoms with van der Waals surface area (Å²) in [6.45, 7) is 1.19. The molecule has 0 atom stereocenters. The summed E-state index contributed by atoms with van der Waals surface area (Å²) in [5, 5.41) is 11.3. The van der Waals surface area contributed by atoms with Gasteiger partial charge in [-0.05, 0) is 41.3 Å². The Hall–Kier alpha value is -4.20. The SMILES string of the molecule is CCN(CC(=O)O)C(=O)c1cccc(NC(=O)OCC2c3ccccc3-c3ccccc32)c1F. The van der Waals surface area contributed by atoms with Gasteiger partial charge in [0, 0.05) is 12.5 Å². The number of anilines is 1. The fourth-order valence-electron chi connectivity index (χ4n) is 4.20. The lowest BCUT2D eigenvalue weighted by atomic mass is 9.98. The van der Waals surface area contributed by atoms with E-state index in [1.165, 1.54) is 18.2 Å². The Morgan fingerprint density at radius 2 is 1.59 bits per heavy atom. The van der Waals surface area contributed by atoms with Crippen LogP contribution in [0.1, 0.15) is 34.3 Å². The minimum absolute atomic E-state index is 0.0579. The average molecular weight is 462 g/mol. The van der Waals surface area contributed by atoms with Gasteiger partial charge in [0.1, 0.15) is 13.2 Å². The molecule has 0 bridgehead atoms. The minimum atomic E-state index is -1.21. The molecular formula is C26H23FN2O5. The molecule has 8 heteroatoms. The van der Waals surface area contributed by atoms with Crippen molar-refractivity contribution >= 4 is 23.7 Å². The van der Waals surface area contributed by atoms with E-state index in [1.807, 2.05) is 48.5 Å². The van der Waals surface area contributed by atoms with Crippen LogP contribution in [0.5, 0.6) is 0 Å². The molecule has 34 heavy (non-hydrogen) atoms. The molecule has 0 heterocycles. The molecule has 1 aliphatic rings. The number of benzene rings is 3. The predicted molar refractivity (Wildman–Crippen MR) is 124 cm³/mol. The van der Waals surface area contributed by atoms with Gasteiger partial charge in [-0.2, -0.15) is 0 Å². The second-order valence-electron chi connectivity index (χ2n) is 7.83. The van der Waals surface area contributed by atoms with Crippen LogP contribution in [0.15, 0.2) is 66.7 Å². The van der Waals surface area contributed by atoms with Gasteiger partial charge in [-0.15, -0.1) is 0 Å². The number of hydrogen-bond acceptors (Lipinski definition) is 4. The first kappa shape index (κ1) is 23.0. The van der Waals surface area contributed by atoms with E-state index >= 15 is 0 Å². The highest BCUT2D eigenvalue weighted by molar-refractivity contribution is 5.98. The number of hydrogen-bond donors (Lipinski definition) is 2. The van der Waals surface area contributed by atoms with Gasteiger partial charge < -0.3 is 14.7 Å². The Morgan fingerprint density at radius 3 is 2.18 bits per heavy atom. The number of nitrogens with one attached hydrogen (secondary N) is 1. The van der Waals surface area contributed by atoms with Crippen LogP contribution in [0.3, 0.4) is 0 Å². The number of aliphatic carboxylic acids is 1. The van der Waals surface area contributed by atoms with Crippen LogP contribution in [0.4, 0.5) is 14.9 Å². The third-order valence-corrected chi connectivity index (χ3v) is 5.80. The van der Waals surface area contributed by atoms with Gasteiger partial charge in [0.15, 0.2) is 5.82 Å². The zero-order chi connectivity index (χ0) is 24.2. The Balaban J connectivity index is 1.47. The van der Waals surface area contributed by atoms with E-state index in [1.54, 1.807) is 6.92 Å². The maximum atomic E-state index is 15.0. The average Bonchev–Trinajstić information content (AvgIpc) is 3.16. The van der Waals surface area contributed by atoms with E-state index in [4.69, 9.17) is 9.84 Å². The van der Waals surface area contributed by atoms with Crippen molar-refractivity contribution in [2.75, 3.05) is 25.0 Å². The molecule has 0 fully saturated rings. The summed E-state index contributed by atoms with van der Waals surface area (Å²) in [6, 6.07) is 19.8. The van der Waals surface area contributed by atoms with Gasteiger partial charge in [0.05, 0.1) is 11.3 Å². The molecule has 2 N–H and O–H groups in total. The first-order valence-corrected chi connectivity index (χ1v) is 10.8. The molecule has 0 aliphatic heterocycles. The summed E-state index contributed by atoms with van der Waals surface area (Å²) in [5.74, 6) is -3.09. The lowest BCUT2D eigenvalue weighted by Crippen LogP contribution is -2.36. The largest absolute Gasteiger partial charge is 0.480 e. The van der Waals surface area contributed by atoms with Crippen LogP contribution in [0.2, 0.25) is 0 Å². The van der Waals surface area contributed by atoms with Crippen LogP contribution in [0.25, 0.3) is 11.1 Å². The molecule has 7 nitrogen and oxygen atoms in total. The van der Waals surface area contributed by atoms with Crippen molar-refractivity contribution < 1.29 is 28.6 Å². The molecule has 0 radical (unpaired) electrons. The normalized spacial score (nSPS) is 11.9. The quantitative estimate of drug-likeness (QED) is 0.529. The zero-order valence-electron chi connectivity index (χ0n) is 18.5. The van der Waals surface area contributed by atoms with Crippen LogP contribution >= 0.6 is 0 Å². The Morgan fingerprint density at radius 1 is 0.971 bits per heavy atom. The molecule has 0 spiro atoms. The standard InChI is InChI=1S/C26H23FN2O5/c1-2-29(14-23(30)31)25(32)20-12-7-13-22(24(20)27)28-26(33)34-15-21-18-10-5-3-8-16(18)17-9-4-6-11-19(17)21/h3-13,21H,2,14-15H2,1H3,(H,28,33)(H,30,31). The fourth-order valence-corrected chi connectivity index (χ4v) is 4.20. The van der Waals surface area contributed by atoms with Gasteiger partial charge in [-0.3, -0.25) is 14.9 Å². The molecule has 0 saturated heterocycles. The van der Waals surface area contributed by atoms with Crippen molar-refractivity contribution in [1.29, 1.82) is 0 Å². The van der Waals surface area contributed by atoms with Gasteiger partial charge in [0.2, 0.25) is 0 Å². The summed E-state index contributed by atoms with van der Waals surface area (Å²) in [5.41, 5.74) is 3.72. The molecule has 0 aromatic heterocycles. The fraction of sp³-hybridized carbons (Fsp3) is 0.192. The third-order valence-electron chi connectivity index (χ3n) is 5.80. The summed E-state index contributed by atoms with van der Waals surface area (Å²) in [6.07, 6.45) is -0.858. The van der Waals surface area contributed by atoms with Crippen LogP contribution in [-0.2, 0) is 9.53 Å². The van der Waals surface area contributed by atoms with Gasteiger partial charge in [0.25, 0.3) is 5.91 Å². The first-order chi connectivity index (χ1) is 16.4. The van der Waals surface area contributed by atoms with Crippen molar-refractivity contribution in [3.8, 4) is 11.1 Å². The van der Waals surface area contributed by atoms with E-state index in [-0.39, 0.29) is 30.3 Å². The number of halogens is 1. The molecular weight excluding hydrogens is 439 g/mol. The summed E-state index contributed by atoms with van der Waals surface area (Å²) in [7, 11) is 0. The number of fused-ring (bicyclic) bond motifs is 3. The van der Waals surface area contributed by atoms with Gasteiger partial charge >= 0.3 is 12.1 Å². The first-order valence-electron chi connectivity index (χ1n) is 10.8. The Labute approximate surface area is 195 Å². The van der Waals surface area contributed by atoms with Crippen molar-refractivity contribution in [2.24, 2.45) is 0 Å². The Bertz CT molecular complexity index is 1210. The number of carboxylic acids is 1. The number of carbonyl (C=O) groups excluding carboxylic acids is 2. The number of carbonyl (C=O) groups is 3. The topological polar surface area (TPSA) is 95.9 Å². The van der Waals surface area contributed by atoms with E-state index in [0.29, 0.717) is 0 Å². The van der Waals surface area contributed by atoms with Crippen LogP contribution < -0.4 is 5.32 Å². The monoisotopic (exact) mass is 462 g/mol. The van der Waals surface area contributed by atoms with Crippen molar-refractivity contribution in [3.63, 3.8) is 0 Å². The van der Waals surface area contributed by atoms with Crippen molar-refractivity contribution in [1.82, 2.24) is 4.90 Å². The molecule has 3 aromatic carbocycles. The van der Waals surface area contributed by atoms with Crippen molar-refractivity contribution in [3.05, 3.63) is 89.2 Å². The number of rotatable bonds is 7. The van der Waals surface area contributed by atoms with E-state index in [2.05, 4.69) is 5.32 Å². The lowest BCUT2D eigenvalue weighted by molar-refractivity contribution is -0.137. The number of amides is 2. The predicted octanol–water partition coefficient (Wildman–Crippen LogP) is 4.73. The van der Waals surface area contributed by atoms with Gasteiger partial charge in [-0.1, -0.05) is 54.6 Å². The molecule has 0 saturated carbocycles. The Kier molecular flexibility index (Phi) is 6.58. The summed E-state index contributed by atoms with van der Waals surface area (Å²) in [4.78, 5) is 37.0. The molecule has 2 amide bonds. The lowest BCUT2D eigenvalue weighted by Gasteiger charge is -2.19. The molecule has 0 unspecified atom stereocenters. The zero-order valence-corrected chi connectivity index (χ0v) is 18.5. The summed E-state index contributed by atoms with van der Waals surface area (Å²) < 4.78 is 20.4. The number of nitrogens with zero attached hydrogens (tertiary/aromatic N) is 1. The van der Waals surface area contributed by atoms with E-state index in [0.717, 1.165) is 27.2 Å². The van der Waals surface area contributed by atoms with E-state index in [9.17, 15) is 18.8 Å². The smallest absolute Gasteiger partial charge is 0.411 e. The van der Waals surface area contributed by atoms with Crippen LogP contribution in [0, 0.1) is 5.82 Å². The third kappa shape index (κ3) is 4.47. The summed E-state index contributed by atoms with van der Waals surface area (Å²) >= 11 is 0. The van der Waals surface area contributed by atoms with Crippen molar-refractivity contribution in [2.45, 2.75) is 12.8 Å².